The molecule has 0 bridgehead atoms. The van der Waals surface area contributed by atoms with Gasteiger partial charge in [-0.2, -0.15) is 5.10 Å². The van der Waals surface area contributed by atoms with Gasteiger partial charge in [0.25, 0.3) is 5.91 Å². The quantitative estimate of drug-likeness (QED) is 0.569. The summed E-state index contributed by atoms with van der Waals surface area (Å²) in [6, 6.07) is 15.6. The van der Waals surface area contributed by atoms with Crippen molar-refractivity contribution in [1.29, 1.82) is 0 Å². The number of benzene rings is 2. The van der Waals surface area contributed by atoms with Crippen LogP contribution in [0.1, 0.15) is 38.9 Å². The standard InChI is InChI=1S/C24H29ClN4O2/c1-16-23(17(2)29(27-16)15-19-9-6-7-12-21(19)25)24(30)26-14-22(28(3)4)18-10-8-11-20(13-18)31-5/h6-13,22H,14-15H2,1-5H3,(H,26,30). The third-order valence-corrected chi connectivity index (χ3v) is 5.81. The highest BCUT2D eigenvalue weighted by Gasteiger charge is 2.21. The Morgan fingerprint density at radius 2 is 1.94 bits per heavy atom. The molecule has 1 amide bonds. The van der Waals surface area contributed by atoms with Crippen LogP contribution in [0.25, 0.3) is 0 Å². The Morgan fingerprint density at radius 1 is 1.19 bits per heavy atom. The lowest BCUT2D eigenvalue weighted by Gasteiger charge is -2.25. The summed E-state index contributed by atoms with van der Waals surface area (Å²) in [6.07, 6.45) is 0. The summed E-state index contributed by atoms with van der Waals surface area (Å²) < 4.78 is 7.18. The maximum absolute atomic E-state index is 13.1. The number of rotatable bonds is 8. The van der Waals surface area contributed by atoms with E-state index in [1.54, 1.807) is 7.11 Å². The van der Waals surface area contributed by atoms with E-state index in [1.165, 1.54) is 0 Å². The zero-order valence-electron chi connectivity index (χ0n) is 18.6. The molecule has 31 heavy (non-hydrogen) atoms. The largest absolute Gasteiger partial charge is 0.497 e. The lowest BCUT2D eigenvalue weighted by atomic mass is 10.1. The van der Waals surface area contributed by atoms with Crippen LogP contribution in [0.3, 0.4) is 0 Å². The van der Waals surface area contributed by atoms with Crippen molar-refractivity contribution in [1.82, 2.24) is 20.0 Å². The Morgan fingerprint density at radius 3 is 2.61 bits per heavy atom. The lowest BCUT2D eigenvalue weighted by Crippen LogP contribution is -2.35. The lowest BCUT2D eigenvalue weighted by molar-refractivity contribution is 0.0940. The molecule has 2 aromatic carbocycles. The van der Waals surface area contributed by atoms with Gasteiger partial charge in [0, 0.05) is 17.3 Å². The van der Waals surface area contributed by atoms with Crippen LogP contribution in [0, 0.1) is 13.8 Å². The first-order valence-corrected chi connectivity index (χ1v) is 10.6. The molecule has 0 radical (unpaired) electrons. The van der Waals surface area contributed by atoms with Gasteiger partial charge in [-0.05, 0) is 57.3 Å². The van der Waals surface area contributed by atoms with Crippen molar-refractivity contribution in [2.24, 2.45) is 0 Å². The van der Waals surface area contributed by atoms with Gasteiger partial charge >= 0.3 is 0 Å². The second-order valence-electron chi connectivity index (χ2n) is 7.76. The number of carbonyl (C=O) groups excluding carboxylic acids is 1. The summed E-state index contributed by atoms with van der Waals surface area (Å²) in [6.45, 7) is 4.76. The first-order chi connectivity index (χ1) is 14.8. The van der Waals surface area contributed by atoms with Crippen molar-refractivity contribution in [2.45, 2.75) is 26.4 Å². The van der Waals surface area contributed by atoms with Crippen LogP contribution >= 0.6 is 11.6 Å². The molecule has 0 aliphatic heterocycles. The topological polar surface area (TPSA) is 59.4 Å². The number of amides is 1. The molecule has 3 rings (SSSR count). The van der Waals surface area contributed by atoms with E-state index in [4.69, 9.17) is 16.3 Å². The fourth-order valence-corrected chi connectivity index (χ4v) is 3.89. The number of aryl methyl sites for hydroxylation is 1. The second kappa shape index (κ2) is 9.98. The molecule has 1 unspecified atom stereocenters. The van der Waals surface area contributed by atoms with Gasteiger partial charge in [0.1, 0.15) is 5.75 Å². The molecule has 1 N–H and O–H groups in total. The predicted octanol–water partition coefficient (Wildman–Crippen LogP) is 4.24. The SMILES string of the molecule is COc1cccc(C(CNC(=O)c2c(C)nn(Cc3ccccc3Cl)c2C)N(C)C)c1. The number of nitrogens with one attached hydrogen (secondary N) is 1. The van der Waals surface area contributed by atoms with Gasteiger partial charge in [0.2, 0.25) is 0 Å². The highest BCUT2D eigenvalue weighted by molar-refractivity contribution is 6.31. The Labute approximate surface area is 188 Å². The van der Waals surface area contributed by atoms with E-state index in [0.29, 0.717) is 29.4 Å². The zero-order chi connectivity index (χ0) is 22.5. The number of hydrogen-bond acceptors (Lipinski definition) is 4. The minimum Gasteiger partial charge on any atom is -0.497 e. The van der Waals surface area contributed by atoms with Gasteiger partial charge < -0.3 is 15.0 Å². The van der Waals surface area contributed by atoms with Crippen LogP contribution in [-0.4, -0.2) is 48.3 Å². The molecule has 0 fully saturated rings. The minimum absolute atomic E-state index is 0.0119. The van der Waals surface area contributed by atoms with E-state index in [2.05, 4.69) is 15.3 Å². The molecular formula is C24H29ClN4O2. The van der Waals surface area contributed by atoms with Gasteiger partial charge in [0.05, 0.1) is 31.0 Å². The van der Waals surface area contributed by atoms with E-state index >= 15 is 0 Å². The maximum Gasteiger partial charge on any atom is 0.255 e. The summed E-state index contributed by atoms with van der Waals surface area (Å²) in [5.41, 5.74) is 4.16. The zero-order valence-corrected chi connectivity index (χ0v) is 19.4. The van der Waals surface area contributed by atoms with Crippen LogP contribution in [0.2, 0.25) is 5.02 Å². The first kappa shape index (κ1) is 22.8. The molecule has 1 heterocycles. The molecule has 0 spiro atoms. The van der Waals surface area contributed by atoms with Crippen molar-refractivity contribution in [2.75, 3.05) is 27.7 Å². The third kappa shape index (κ3) is 5.27. The highest BCUT2D eigenvalue weighted by Crippen LogP contribution is 2.23. The molecular weight excluding hydrogens is 412 g/mol. The van der Waals surface area contributed by atoms with E-state index in [1.807, 2.05) is 81.2 Å². The van der Waals surface area contributed by atoms with E-state index < -0.39 is 0 Å². The summed E-state index contributed by atoms with van der Waals surface area (Å²) in [7, 11) is 5.64. The summed E-state index contributed by atoms with van der Waals surface area (Å²) in [5.74, 6) is 0.665. The number of methoxy groups -OCH3 is 1. The van der Waals surface area contributed by atoms with Crippen LogP contribution in [0.15, 0.2) is 48.5 Å². The van der Waals surface area contributed by atoms with E-state index in [9.17, 15) is 4.79 Å². The average Bonchev–Trinajstić information content (AvgIpc) is 3.02. The molecule has 1 aromatic heterocycles. The third-order valence-electron chi connectivity index (χ3n) is 5.44. The molecule has 164 valence electrons. The van der Waals surface area contributed by atoms with Gasteiger partial charge in [-0.3, -0.25) is 9.48 Å². The summed E-state index contributed by atoms with van der Waals surface area (Å²) in [5, 5.41) is 8.35. The van der Waals surface area contributed by atoms with Crippen LogP contribution in [0.4, 0.5) is 0 Å². The summed E-state index contributed by atoms with van der Waals surface area (Å²) in [4.78, 5) is 15.1. The van der Waals surface area contributed by atoms with Crippen LogP contribution in [-0.2, 0) is 6.54 Å². The smallest absolute Gasteiger partial charge is 0.255 e. The van der Waals surface area contributed by atoms with E-state index in [-0.39, 0.29) is 11.9 Å². The van der Waals surface area contributed by atoms with Crippen molar-refractivity contribution in [3.8, 4) is 5.75 Å². The fraction of sp³-hybridized carbons (Fsp3) is 0.333. The van der Waals surface area contributed by atoms with Gasteiger partial charge in [0.15, 0.2) is 0 Å². The van der Waals surface area contributed by atoms with Crippen LogP contribution < -0.4 is 10.1 Å². The molecule has 1 atom stereocenters. The minimum atomic E-state index is -0.129. The van der Waals surface area contributed by atoms with E-state index in [0.717, 1.165) is 22.6 Å². The number of carbonyl (C=O) groups is 1. The number of likely N-dealkylation sites (N-methyl/N-ethyl adjacent to an activating group) is 1. The molecule has 0 aliphatic carbocycles. The molecule has 7 heteroatoms. The Kier molecular flexibility index (Phi) is 7.36. The van der Waals surface area contributed by atoms with Gasteiger partial charge in [-0.1, -0.05) is 41.9 Å². The van der Waals surface area contributed by atoms with Crippen molar-refractivity contribution < 1.29 is 9.53 Å². The predicted molar refractivity (Wildman–Crippen MR) is 124 cm³/mol. The van der Waals surface area contributed by atoms with Crippen molar-refractivity contribution in [3.63, 3.8) is 0 Å². The normalized spacial score (nSPS) is 12.1. The number of hydrogen-bond donors (Lipinski definition) is 1. The molecule has 0 saturated heterocycles. The number of nitrogens with zero attached hydrogens (tertiary/aromatic N) is 3. The Bertz CT molecular complexity index is 1060. The molecule has 0 saturated carbocycles. The first-order valence-electron chi connectivity index (χ1n) is 10.2. The van der Waals surface area contributed by atoms with Gasteiger partial charge in [-0.25, -0.2) is 0 Å². The van der Waals surface area contributed by atoms with Crippen molar-refractivity contribution in [3.05, 3.63) is 81.6 Å². The van der Waals surface area contributed by atoms with Crippen LogP contribution in [0.5, 0.6) is 5.75 Å². The van der Waals surface area contributed by atoms with Gasteiger partial charge in [-0.15, -0.1) is 0 Å². The Balaban J connectivity index is 1.76. The molecule has 3 aromatic rings. The summed E-state index contributed by atoms with van der Waals surface area (Å²) >= 11 is 6.30. The number of halogens is 1. The average molecular weight is 441 g/mol. The van der Waals surface area contributed by atoms with Crippen molar-refractivity contribution >= 4 is 17.5 Å². The number of ether oxygens (including phenoxy) is 1. The monoisotopic (exact) mass is 440 g/mol. The number of aromatic nitrogens is 2. The molecule has 6 nitrogen and oxygen atoms in total. The maximum atomic E-state index is 13.1. The molecule has 0 aliphatic rings. The fourth-order valence-electron chi connectivity index (χ4n) is 3.69. The highest BCUT2D eigenvalue weighted by atomic mass is 35.5. The Hall–Kier alpha value is -2.83. The second-order valence-corrected chi connectivity index (χ2v) is 8.17.